The van der Waals surface area contributed by atoms with Gasteiger partial charge in [-0.15, -0.1) is 0 Å². The Balaban J connectivity index is 1.48. The highest BCUT2D eigenvalue weighted by atomic mass is 16.5. The van der Waals surface area contributed by atoms with Crippen LogP contribution in [0, 0.1) is 6.92 Å². The minimum Gasteiger partial charge on any atom is -0.507 e. The molecule has 3 aromatic rings. The number of primary amides is 1. The fraction of sp³-hybridized carbons (Fsp3) is 0.276. The molecule has 2 amide bonds. The second-order valence-electron chi connectivity index (χ2n) is 9.47. The van der Waals surface area contributed by atoms with E-state index < -0.39 is 24.0 Å². The van der Waals surface area contributed by atoms with E-state index >= 15 is 0 Å². The number of rotatable bonds is 8. The van der Waals surface area contributed by atoms with E-state index in [-0.39, 0.29) is 23.8 Å². The molecule has 1 aliphatic heterocycles. The Labute approximate surface area is 220 Å². The maximum atomic E-state index is 13.2. The van der Waals surface area contributed by atoms with Crippen molar-refractivity contribution in [3.05, 3.63) is 88.5 Å². The topological polar surface area (TPSA) is 142 Å². The van der Waals surface area contributed by atoms with Gasteiger partial charge in [0.1, 0.15) is 17.4 Å². The van der Waals surface area contributed by atoms with Gasteiger partial charge in [-0.05, 0) is 72.0 Å². The Kier molecular flexibility index (Phi) is 8.09. The number of nitrogens with one attached hydrogen (secondary N) is 1. The maximum Gasteiger partial charge on any atom is 0.339 e. The molecule has 3 aromatic carbocycles. The first kappa shape index (κ1) is 26.8. The normalized spacial score (nSPS) is 16.5. The molecule has 2 atom stereocenters. The van der Waals surface area contributed by atoms with Gasteiger partial charge in [0.25, 0.3) is 0 Å². The van der Waals surface area contributed by atoms with E-state index in [4.69, 9.17) is 15.6 Å². The van der Waals surface area contributed by atoms with Crippen molar-refractivity contribution < 1.29 is 29.3 Å². The van der Waals surface area contributed by atoms with Crippen LogP contribution in [0.15, 0.2) is 60.7 Å². The van der Waals surface area contributed by atoms with Gasteiger partial charge in [0.15, 0.2) is 0 Å². The van der Waals surface area contributed by atoms with Crippen LogP contribution < -0.4 is 11.1 Å². The summed E-state index contributed by atoms with van der Waals surface area (Å²) in [7, 11) is 0. The number of carbonyl (C=O) groups excluding carboxylic acids is 2. The Morgan fingerprint density at radius 2 is 1.92 bits per heavy atom. The molecular weight excluding hydrogens is 486 g/mol. The van der Waals surface area contributed by atoms with Gasteiger partial charge in [-0.1, -0.05) is 30.3 Å². The fourth-order valence-electron chi connectivity index (χ4n) is 4.67. The van der Waals surface area contributed by atoms with Crippen LogP contribution in [0.4, 0.5) is 0 Å². The number of carboxylic acid groups (broad SMARTS) is 1. The molecule has 1 fully saturated rings. The molecule has 1 heterocycles. The lowest BCUT2D eigenvalue weighted by Crippen LogP contribution is -2.53. The van der Waals surface area contributed by atoms with E-state index in [9.17, 15) is 19.5 Å². The molecular formula is C29H31N3O6. The number of hydrogen-bond acceptors (Lipinski definition) is 6. The lowest BCUT2D eigenvalue weighted by Gasteiger charge is -2.35. The van der Waals surface area contributed by atoms with Gasteiger partial charge in [-0.2, -0.15) is 0 Å². The smallest absolute Gasteiger partial charge is 0.339 e. The predicted molar refractivity (Wildman–Crippen MR) is 142 cm³/mol. The monoisotopic (exact) mass is 517 g/mol. The van der Waals surface area contributed by atoms with Crippen LogP contribution in [0.1, 0.15) is 50.4 Å². The van der Waals surface area contributed by atoms with Crippen LogP contribution in [-0.4, -0.2) is 58.7 Å². The SMILES string of the molecule is Cc1cc(C(N)=O)ccc1-c1cccc(CN2CCOC[C@@H]2C(=O)N[C@@H](C)c2ccc(C(=O)O)c(O)c2)c1. The van der Waals surface area contributed by atoms with Crippen molar-refractivity contribution in [3.63, 3.8) is 0 Å². The molecule has 0 saturated carbocycles. The fourth-order valence-corrected chi connectivity index (χ4v) is 4.67. The van der Waals surface area contributed by atoms with Crippen LogP contribution >= 0.6 is 0 Å². The van der Waals surface area contributed by atoms with Crippen LogP contribution in [0.5, 0.6) is 5.75 Å². The summed E-state index contributed by atoms with van der Waals surface area (Å²) in [5, 5.41) is 22.1. The van der Waals surface area contributed by atoms with Gasteiger partial charge >= 0.3 is 5.97 Å². The standard InChI is InChI=1S/C29H31N3O6/c1-17-12-22(27(30)34)7-8-23(17)21-5-3-4-19(13-21)15-32-10-11-38-16-25(32)28(35)31-18(2)20-6-9-24(29(36)37)26(33)14-20/h3-9,12-14,18,25,33H,10-11,15-16H2,1-2H3,(H2,30,34)(H,31,35)(H,36,37)/t18-,25+/m0/s1. The molecule has 198 valence electrons. The lowest BCUT2D eigenvalue weighted by atomic mass is 9.96. The molecule has 9 nitrogen and oxygen atoms in total. The van der Waals surface area contributed by atoms with E-state index in [1.807, 2.05) is 31.2 Å². The van der Waals surface area contributed by atoms with Crippen LogP contribution in [0.2, 0.25) is 0 Å². The summed E-state index contributed by atoms with van der Waals surface area (Å²) >= 11 is 0. The summed E-state index contributed by atoms with van der Waals surface area (Å²) < 4.78 is 5.61. The first-order valence-corrected chi connectivity index (χ1v) is 12.3. The van der Waals surface area contributed by atoms with Crippen molar-refractivity contribution in [1.82, 2.24) is 10.2 Å². The number of phenols is 1. The number of nitrogens with zero attached hydrogens (tertiary/aromatic N) is 1. The average Bonchev–Trinajstić information content (AvgIpc) is 2.88. The van der Waals surface area contributed by atoms with E-state index in [1.54, 1.807) is 25.1 Å². The summed E-state index contributed by atoms with van der Waals surface area (Å²) in [5.41, 5.74) is 10.2. The number of aromatic hydroxyl groups is 1. The second kappa shape index (κ2) is 11.5. The summed E-state index contributed by atoms with van der Waals surface area (Å²) in [6.07, 6.45) is 0. The molecule has 0 aliphatic carbocycles. The zero-order valence-electron chi connectivity index (χ0n) is 21.3. The quantitative estimate of drug-likeness (QED) is 0.359. The van der Waals surface area contributed by atoms with Gasteiger partial charge in [0, 0.05) is 18.7 Å². The Hall–Kier alpha value is -4.21. The number of hydrogen-bond donors (Lipinski definition) is 4. The molecule has 9 heteroatoms. The minimum absolute atomic E-state index is 0.194. The summed E-state index contributed by atoms with van der Waals surface area (Å²) in [4.78, 5) is 38.0. The predicted octanol–water partition coefficient (Wildman–Crippen LogP) is 3.24. The number of aryl methyl sites for hydroxylation is 1. The van der Waals surface area contributed by atoms with Gasteiger partial charge in [0.05, 0.1) is 19.3 Å². The van der Waals surface area contributed by atoms with Gasteiger partial charge in [-0.3, -0.25) is 14.5 Å². The first-order valence-electron chi connectivity index (χ1n) is 12.3. The molecule has 0 radical (unpaired) electrons. The van der Waals surface area contributed by atoms with Crippen LogP contribution in [-0.2, 0) is 16.1 Å². The van der Waals surface area contributed by atoms with Crippen molar-refractivity contribution in [2.75, 3.05) is 19.8 Å². The maximum absolute atomic E-state index is 13.2. The van der Waals surface area contributed by atoms with Crippen molar-refractivity contribution in [2.24, 2.45) is 5.73 Å². The number of carboxylic acids is 1. The number of aromatic carboxylic acids is 1. The summed E-state index contributed by atoms with van der Waals surface area (Å²) in [6, 6.07) is 16.7. The largest absolute Gasteiger partial charge is 0.507 e. The van der Waals surface area contributed by atoms with Gasteiger partial charge in [0.2, 0.25) is 11.8 Å². The highest BCUT2D eigenvalue weighted by Gasteiger charge is 2.30. The Morgan fingerprint density at radius 1 is 1.13 bits per heavy atom. The van der Waals surface area contributed by atoms with Gasteiger partial charge < -0.3 is 26.0 Å². The molecule has 5 N–H and O–H groups in total. The van der Waals surface area contributed by atoms with Crippen molar-refractivity contribution >= 4 is 17.8 Å². The zero-order chi connectivity index (χ0) is 27.4. The molecule has 38 heavy (non-hydrogen) atoms. The number of carbonyl (C=O) groups is 3. The highest BCUT2D eigenvalue weighted by molar-refractivity contribution is 5.94. The van der Waals surface area contributed by atoms with Crippen molar-refractivity contribution in [3.8, 4) is 16.9 Å². The number of morpholine rings is 1. The molecule has 0 unspecified atom stereocenters. The van der Waals surface area contributed by atoms with E-state index in [0.717, 1.165) is 22.3 Å². The van der Waals surface area contributed by atoms with Crippen LogP contribution in [0.25, 0.3) is 11.1 Å². The number of amides is 2. The third kappa shape index (κ3) is 6.01. The zero-order valence-corrected chi connectivity index (χ0v) is 21.3. The Morgan fingerprint density at radius 3 is 2.61 bits per heavy atom. The summed E-state index contributed by atoms with van der Waals surface area (Å²) in [6.45, 7) is 5.59. The second-order valence-corrected chi connectivity index (χ2v) is 9.47. The van der Waals surface area contributed by atoms with Gasteiger partial charge in [-0.25, -0.2) is 4.79 Å². The van der Waals surface area contributed by atoms with E-state index in [0.29, 0.717) is 30.8 Å². The van der Waals surface area contributed by atoms with Crippen molar-refractivity contribution in [2.45, 2.75) is 32.5 Å². The average molecular weight is 518 g/mol. The third-order valence-corrected chi connectivity index (χ3v) is 6.79. The number of ether oxygens (including phenoxy) is 1. The lowest BCUT2D eigenvalue weighted by molar-refractivity contribution is -0.133. The Bertz CT molecular complexity index is 1370. The number of nitrogens with two attached hydrogens (primary N) is 1. The molecule has 0 spiro atoms. The molecule has 0 aromatic heterocycles. The molecule has 4 rings (SSSR count). The third-order valence-electron chi connectivity index (χ3n) is 6.79. The number of benzene rings is 3. The molecule has 1 saturated heterocycles. The highest BCUT2D eigenvalue weighted by Crippen LogP contribution is 2.27. The van der Waals surface area contributed by atoms with E-state index in [2.05, 4.69) is 16.3 Å². The molecule has 0 bridgehead atoms. The minimum atomic E-state index is -1.22. The summed E-state index contributed by atoms with van der Waals surface area (Å²) in [5.74, 6) is -2.25. The molecule has 1 aliphatic rings. The van der Waals surface area contributed by atoms with Crippen LogP contribution in [0.3, 0.4) is 0 Å². The van der Waals surface area contributed by atoms with Crippen molar-refractivity contribution in [1.29, 1.82) is 0 Å². The van der Waals surface area contributed by atoms with E-state index in [1.165, 1.54) is 12.1 Å². The first-order chi connectivity index (χ1) is 18.1.